The Morgan fingerprint density at radius 2 is 1.69 bits per heavy atom. The topological polar surface area (TPSA) is 67.9 Å². The molecule has 0 aliphatic heterocycles. The molecule has 4 heteroatoms. The van der Waals surface area contributed by atoms with Crippen LogP contribution >= 0.6 is 0 Å². The molecule has 0 heterocycles. The lowest BCUT2D eigenvalue weighted by molar-refractivity contribution is 0.101. The first kappa shape index (κ1) is 11.7. The monoisotopic (exact) mass is 213 g/mol. The molecule has 80 valence electrons. The number of carbonyl (C=O) groups excluding carboxylic acids is 1. The van der Waals surface area contributed by atoms with Crippen molar-refractivity contribution in [2.45, 2.75) is 6.92 Å². The second-order valence-electron chi connectivity index (χ2n) is 3.28. The van der Waals surface area contributed by atoms with Crippen LogP contribution in [0.2, 0.25) is 0 Å². The molecule has 16 heavy (non-hydrogen) atoms. The summed E-state index contributed by atoms with van der Waals surface area (Å²) in [6, 6.07) is 10.9. The zero-order chi connectivity index (χ0) is 12.0. The van der Waals surface area contributed by atoms with Crippen LogP contribution in [-0.2, 0) is 0 Å². The van der Waals surface area contributed by atoms with Crippen molar-refractivity contribution in [1.82, 2.24) is 0 Å². The van der Waals surface area contributed by atoms with E-state index in [1.54, 1.807) is 29.2 Å². The van der Waals surface area contributed by atoms with E-state index in [1.165, 1.54) is 6.92 Å². The number of benzene rings is 1. The second kappa shape index (κ2) is 5.53. The first-order valence-electron chi connectivity index (χ1n) is 4.79. The third-order valence-electron chi connectivity index (χ3n) is 2.16. The molecule has 0 N–H and O–H groups in total. The summed E-state index contributed by atoms with van der Waals surface area (Å²) in [6.07, 6.45) is 0. The van der Waals surface area contributed by atoms with E-state index >= 15 is 0 Å². The lowest BCUT2D eigenvalue weighted by Gasteiger charge is -2.17. The number of nitriles is 2. The summed E-state index contributed by atoms with van der Waals surface area (Å²) in [7, 11) is 0. The van der Waals surface area contributed by atoms with E-state index in [9.17, 15) is 4.79 Å². The van der Waals surface area contributed by atoms with E-state index in [2.05, 4.69) is 0 Å². The molecular weight excluding hydrogens is 202 g/mol. The lowest BCUT2D eigenvalue weighted by Crippen LogP contribution is -2.23. The van der Waals surface area contributed by atoms with Crippen molar-refractivity contribution >= 4 is 11.5 Å². The number of ketones is 1. The summed E-state index contributed by atoms with van der Waals surface area (Å²) in [5, 5.41) is 17.2. The maximum Gasteiger partial charge on any atom is 0.159 e. The van der Waals surface area contributed by atoms with E-state index in [0.717, 1.165) is 5.69 Å². The summed E-state index contributed by atoms with van der Waals surface area (Å²) in [5.74, 6) is -0.00123. The van der Waals surface area contributed by atoms with Gasteiger partial charge in [-0.2, -0.15) is 10.5 Å². The minimum atomic E-state index is -0.00123. The number of hydrogen-bond acceptors (Lipinski definition) is 4. The van der Waals surface area contributed by atoms with Gasteiger partial charge >= 0.3 is 0 Å². The van der Waals surface area contributed by atoms with Gasteiger partial charge < -0.3 is 4.90 Å². The van der Waals surface area contributed by atoms with Gasteiger partial charge in [0.15, 0.2) is 5.78 Å². The van der Waals surface area contributed by atoms with Crippen molar-refractivity contribution in [3.63, 3.8) is 0 Å². The van der Waals surface area contributed by atoms with E-state index < -0.39 is 0 Å². The predicted molar refractivity (Wildman–Crippen MR) is 59.9 cm³/mol. The van der Waals surface area contributed by atoms with Crippen LogP contribution in [0.15, 0.2) is 24.3 Å². The molecule has 0 spiro atoms. The molecule has 4 nitrogen and oxygen atoms in total. The zero-order valence-corrected chi connectivity index (χ0v) is 8.97. The van der Waals surface area contributed by atoms with Crippen LogP contribution in [0.1, 0.15) is 17.3 Å². The van der Waals surface area contributed by atoms with Gasteiger partial charge in [-0.3, -0.25) is 4.79 Å². The maximum absolute atomic E-state index is 11.1. The summed E-state index contributed by atoms with van der Waals surface area (Å²) in [4.78, 5) is 12.7. The molecule has 0 saturated heterocycles. The predicted octanol–water partition coefficient (Wildman–Crippen LogP) is 1.74. The highest BCUT2D eigenvalue weighted by molar-refractivity contribution is 5.94. The Balaban J connectivity index is 2.91. The van der Waals surface area contributed by atoms with Gasteiger partial charge in [-0.05, 0) is 31.2 Å². The SMILES string of the molecule is CC(=O)c1ccc(N(CC#N)CC#N)cc1. The molecule has 0 aliphatic rings. The molecule has 0 bridgehead atoms. The molecule has 0 aliphatic carbocycles. The highest BCUT2D eigenvalue weighted by atomic mass is 16.1. The Morgan fingerprint density at radius 1 is 1.19 bits per heavy atom. The van der Waals surface area contributed by atoms with Crippen molar-refractivity contribution in [2.24, 2.45) is 0 Å². The Bertz CT molecular complexity index is 435. The zero-order valence-electron chi connectivity index (χ0n) is 8.97. The van der Waals surface area contributed by atoms with Crippen LogP contribution in [0.4, 0.5) is 5.69 Å². The first-order valence-corrected chi connectivity index (χ1v) is 4.79. The van der Waals surface area contributed by atoms with E-state index in [0.29, 0.717) is 5.56 Å². The molecule has 1 aromatic rings. The molecule has 1 aromatic carbocycles. The van der Waals surface area contributed by atoms with Gasteiger partial charge in [0.1, 0.15) is 13.1 Å². The maximum atomic E-state index is 11.1. The van der Waals surface area contributed by atoms with Crippen LogP contribution in [0.25, 0.3) is 0 Å². The Hall–Kier alpha value is -2.33. The molecule has 1 rings (SSSR count). The average Bonchev–Trinajstić information content (AvgIpc) is 2.29. The quantitative estimate of drug-likeness (QED) is 0.564. The fourth-order valence-electron chi connectivity index (χ4n) is 1.32. The number of anilines is 1. The summed E-state index contributed by atoms with van der Waals surface area (Å²) < 4.78 is 0. The van der Waals surface area contributed by atoms with Crippen LogP contribution in [0.3, 0.4) is 0 Å². The van der Waals surface area contributed by atoms with Gasteiger partial charge in [0.25, 0.3) is 0 Å². The number of nitrogens with zero attached hydrogens (tertiary/aromatic N) is 3. The normalized spacial score (nSPS) is 8.94. The third kappa shape index (κ3) is 2.83. The standard InChI is InChI=1S/C12H11N3O/c1-10(16)11-2-4-12(5-3-11)15(8-6-13)9-7-14/h2-5H,8-9H2,1H3. The second-order valence-corrected chi connectivity index (χ2v) is 3.28. The molecular formula is C12H11N3O. The number of Topliss-reactive ketones (excluding diaryl/α,β-unsaturated/α-hetero) is 1. The highest BCUT2D eigenvalue weighted by Crippen LogP contribution is 2.14. The Labute approximate surface area is 94.3 Å². The van der Waals surface area contributed by atoms with Gasteiger partial charge in [0, 0.05) is 11.3 Å². The Kier molecular flexibility index (Phi) is 4.06. The van der Waals surface area contributed by atoms with Gasteiger partial charge in [0.2, 0.25) is 0 Å². The number of hydrogen-bond donors (Lipinski definition) is 0. The largest absolute Gasteiger partial charge is 0.345 e. The fourth-order valence-corrected chi connectivity index (χ4v) is 1.32. The van der Waals surface area contributed by atoms with Crippen molar-refractivity contribution in [3.05, 3.63) is 29.8 Å². The van der Waals surface area contributed by atoms with Crippen LogP contribution < -0.4 is 4.90 Å². The molecule has 0 radical (unpaired) electrons. The van der Waals surface area contributed by atoms with Crippen molar-refractivity contribution in [1.29, 1.82) is 10.5 Å². The molecule has 0 unspecified atom stereocenters. The van der Waals surface area contributed by atoms with Crippen molar-refractivity contribution in [2.75, 3.05) is 18.0 Å². The first-order chi connectivity index (χ1) is 7.69. The van der Waals surface area contributed by atoms with Gasteiger partial charge in [-0.25, -0.2) is 0 Å². The van der Waals surface area contributed by atoms with Crippen LogP contribution in [0, 0.1) is 22.7 Å². The van der Waals surface area contributed by atoms with Gasteiger partial charge in [-0.1, -0.05) is 0 Å². The summed E-state index contributed by atoms with van der Waals surface area (Å²) >= 11 is 0. The molecule has 0 fully saturated rings. The number of rotatable bonds is 4. The van der Waals surface area contributed by atoms with E-state index in [4.69, 9.17) is 10.5 Å². The molecule has 0 aromatic heterocycles. The third-order valence-corrected chi connectivity index (χ3v) is 2.16. The lowest BCUT2D eigenvalue weighted by atomic mass is 10.1. The number of carbonyl (C=O) groups is 1. The minimum Gasteiger partial charge on any atom is -0.345 e. The summed E-state index contributed by atoms with van der Waals surface area (Å²) in [5.41, 5.74) is 1.39. The van der Waals surface area contributed by atoms with Crippen molar-refractivity contribution < 1.29 is 4.79 Å². The van der Waals surface area contributed by atoms with Crippen LogP contribution in [-0.4, -0.2) is 18.9 Å². The average molecular weight is 213 g/mol. The van der Waals surface area contributed by atoms with Crippen LogP contribution in [0.5, 0.6) is 0 Å². The van der Waals surface area contributed by atoms with Gasteiger partial charge in [0.05, 0.1) is 12.1 Å². The molecule has 0 atom stereocenters. The smallest absolute Gasteiger partial charge is 0.159 e. The fraction of sp³-hybridized carbons (Fsp3) is 0.250. The Morgan fingerprint density at radius 3 is 2.06 bits per heavy atom. The minimum absolute atomic E-state index is 0.00123. The van der Waals surface area contributed by atoms with E-state index in [-0.39, 0.29) is 18.9 Å². The van der Waals surface area contributed by atoms with E-state index in [1.807, 2.05) is 12.1 Å². The molecule has 0 saturated carbocycles. The highest BCUT2D eigenvalue weighted by Gasteiger charge is 2.06. The van der Waals surface area contributed by atoms with Gasteiger partial charge in [-0.15, -0.1) is 0 Å². The summed E-state index contributed by atoms with van der Waals surface area (Å²) in [6.45, 7) is 1.82. The molecule has 0 amide bonds. The van der Waals surface area contributed by atoms with Crippen molar-refractivity contribution in [3.8, 4) is 12.1 Å².